The van der Waals surface area contributed by atoms with E-state index in [0.29, 0.717) is 11.9 Å². The zero-order valence-electron chi connectivity index (χ0n) is 14.2. The van der Waals surface area contributed by atoms with Crippen molar-refractivity contribution in [2.45, 2.75) is 31.9 Å². The molecule has 128 valence electrons. The normalized spacial score (nSPS) is 28.4. The van der Waals surface area contributed by atoms with Crippen LogP contribution in [0.25, 0.3) is 22.3 Å². The molecule has 25 heavy (non-hydrogen) atoms. The Bertz CT molecular complexity index is 876. The largest absolute Gasteiger partial charge is 0.472 e. The fraction of sp³-hybridized carbons (Fsp3) is 0.421. The van der Waals surface area contributed by atoms with Gasteiger partial charge in [-0.05, 0) is 44.4 Å². The molecule has 0 saturated carbocycles. The molecule has 2 saturated heterocycles. The Morgan fingerprint density at radius 1 is 1.20 bits per heavy atom. The molecule has 6 heteroatoms. The molecule has 1 N–H and O–H groups in total. The molecular formula is C19H21N5O. The first-order chi connectivity index (χ1) is 12.3. The monoisotopic (exact) mass is 335 g/mol. The lowest BCUT2D eigenvalue weighted by molar-refractivity contribution is 0.0623. The van der Waals surface area contributed by atoms with Crippen molar-refractivity contribution in [3.63, 3.8) is 0 Å². The predicted molar refractivity (Wildman–Crippen MR) is 95.3 cm³/mol. The van der Waals surface area contributed by atoms with Crippen LogP contribution in [0.3, 0.4) is 0 Å². The maximum Gasteiger partial charge on any atom is 0.232 e. The number of aromatic nitrogens is 4. The van der Waals surface area contributed by atoms with Gasteiger partial charge in [-0.3, -0.25) is 4.90 Å². The van der Waals surface area contributed by atoms with E-state index in [4.69, 9.17) is 4.74 Å². The van der Waals surface area contributed by atoms with Gasteiger partial charge in [0, 0.05) is 35.9 Å². The summed E-state index contributed by atoms with van der Waals surface area (Å²) < 4.78 is 6.10. The predicted octanol–water partition coefficient (Wildman–Crippen LogP) is 2.88. The molecule has 3 aromatic rings. The molecule has 2 aliphatic heterocycles. The third kappa shape index (κ3) is 2.66. The number of nitrogens with one attached hydrogen (secondary N) is 1. The van der Waals surface area contributed by atoms with Crippen LogP contribution in [-0.2, 0) is 0 Å². The van der Waals surface area contributed by atoms with Crippen molar-refractivity contribution in [1.82, 2.24) is 24.8 Å². The van der Waals surface area contributed by atoms with Crippen LogP contribution in [0.2, 0.25) is 0 Å². The number of pyridine rings is 1. The van der Waals surface area contributed by atoms with E-state index in [-0.39, 0.29) is 6.10 Å². The summed E-state index contributed by atoms with van der Waals surface area (Å²) in [7, 11) is 0. The fourth-order valence-corrected chi connectivity index (χ4v) is 4.18. The van der Waals surface area contributed by atoms with Crippen molar-refractivity contribution in [3.05, 3.63) is 36.9 Å². The molecule has 4 unspecified atom stereocenters. The van der Waals surface area contributed by atoms with Gasteiger partial charge in [-0.2, -0.15) is 0 Å². The molecule has 5 heterocycles. The van der Waals surface area contributed by atoms with Crippen LogP contribution in [-0.4, -0.2) is 50.1 Å². The zero-order valence-corrected chi connectivity index (χ0v) is 14.2. The summed E-state index contributed by atoms with van der Waals surface area (Å²) >= 11 is 0. The van der Waals surface area contributed by atoms with Crippen LogP contribution < -0.4 is 4.74 Å². The number of ether oxygens (including phenoxy) is 1. The number of hydrogen-bond acceptors (Lipinski definition) is 5. The summed E-state index contributed by atoms with van der Waals surface area (Å²) in [5.74, 6) is 1.37. The highest BCUT2D eigenvalue weighted by atomic mass is 16.5. The summed E-state index contributed by atoms with van der Waals surface area (Å²) in [5.41, 5.74) is 2.65. The number of fused-ring (bicyclic) bond motifs is 3. The van der Waals surface area contributed by atoms with Gasteiger partial charge >= 0.3 is 0 Å². The minimum absolute atomic E-state index is 0.224. The highest BCUT2D eigenvalue weighted by Crippen LogP contribution is 2.34. The van der Waals surface area contributed by atoms with Gasteiger partial charge in [-0.15, -0.1) is 0 Å². The Morgan fingerprint density at radius 3 is 3.00 bits per heavy atom. The topological polar surface area (TPSA) is 66.9 Å². The third-order valence-electron chi connectivity index (χ3n) is 5.66. The van der Waals surface area contributed by atoms with Crippen molar-refractivity contribution in [2.24, 2.45) is 5.92 Å². The third-order valence-corrected chi connectivity index (χ3v) is 5.66. The van der Waals surface area contributed by atoms with Crippen LogP contribution >= 0.6 is 0 Å². The molecule has 6 nitrogen and oxygen atoms in total. The average Bonchev–Trinajstić information content (AvgIpc) is 3.16. The molecule has 0 spiro atoms. The van der Waals surface area contributed by atoms with E-state index >= 15 is 0 Å². The lowest BCUT2D eigenvalue weighted by Gasteiger charge is -2.35. The Morgan fingerprint density at radius 2 is 2.16 bits per heavy atom. The number of hydrogen-bond donors (Lipinski definition) is 1. The van der Waals surface area contributed by atoms with Gasteiger partial charge in [0.1, 0.15) is 11.8 Å². The van der Waals surface area contributed by atoms with Gasteiger partial charge in [0.2, 0.25) is 5.88 Å². The molecule has 3 aromatic heterocycles. The molecular weight excluding hydrogens is 314 g/mol. The van der Waals surface area contributed by atoms with E-state index in [1.807, 2.05) is 18.5 Å². The summed E-state index contributed by atoms with van der Waals surface area (Å²) in [6.45, 7) is 4.53. The Kier molecular flexibility index (Phi) is 3.45. The quantitative estimate of drug-likeness (QED) is 0.797. The molecule has 4 atom stereocenters. The maximum absolute atomic E-state index is 6.10. The number of rotatable bonds is 3. The van der Waals surface area contributed by atoms with Crippen LogP contribution in [0.15, 0.2) is 36.9 Å². The Balaban J connectivity index is 1.31. The molecule has 0 aliphatic carbocycles. The number of piperidine rings is 1. The zero-order chi connectivity index (χ0) is 16.8. The Labute approximate surface area is 146 Å². The highest BCUT2D eigenvalue weighted by Gasteiger charge is 2.39. The first kappa shape index (κ1) is 14.8. The summed E-state index contributed by atoms with van der Waals surface area (Å²) in [5, 5.41) is 1.07. The standard InChI is InChI=1S/C19H21N5O/c1-12-13-3-5-24(12)11-16(7-13)25-18-10-21-17(9-22-18)15-6-14-2-4-20-19(14)23-8-15/h2,4,6,8-10,12-13,16H,3,5,7,11H2,1H3,(H,20,23). The van der Waals surface area contributed by atoms with Crippen molar-refractivity contribution in [3.8, 4) is 17.1 Å². The maximum atomic E-state index is 6.10. The molecule has 5 rings (SSSR count). The van der Waals surface area contributed by atoms with Crippen LogP contribution in [0.4, 0.5) is 0 Å². The van der Waals surface area contributed by atoms with E-state index in [1.165, 1.54) is 13.0 Å². The first-order valence-corrected chi connectivity index (χ1v) is 8.92. The smallest absolute Gasteiger partial charge is 0.232 e. The van der Waals surface area contributed by atoms with E-state index in [9.17, 15) is 0 Å². The molecule has 0 aromatic carbocycles. The van der Waals surface area contributed by atoms with E-state index < -0.39 is 0 Å². The Hall–Kier alpha value is -2.47. The highest BCUT2D eigenvalue weighted by molar-refractivity contribution is 5.80. The molecule has 0 amide bonds. The summed E-state index contributed by atoms with van der Waals surface area (Å²) in [6.07, 6.45) is 9.84. The fourth-order valence-electron chi connectivity index (χ4n) is 4.18. The summed E-state index contributed by atoms with van der Waals surface area (Å²) in [4.78, 5) is 19.0. The van der Waals surface area contributed by atoms with Gasteiger partial charge in [-0.25, -0.2) is 15.0 Å². The van der Waals surface area contributed by atoms with Crippen LogP contribution in [0.5, 0.6) is 5.88 Å². The SMILES string of the molecule is CC1C2CCN1CC(Oc1cnc(-c3cnc4[nH]ccc4c3)cn1)C2. The van der Waals surface area contributed by atoms with Crippen molar-refractivity contribution < 1.29 is 4.74 Å². The van der Waals surface area contributed by atoms with Crippen molar-refractivity contribution in [2.75, 3.05) is 13.1 Å². The minimum Gasteiger partial charge on any atom is -0.472 e. The number of nitrogens with zero attached hydrogens (tertiary/aromatic N) is 4. The molecule has 0 radical (unpaired) electrons. The van der Waals surface area contributed by atoms with Gasteiger partial charge in [0.25, 0.3) is 0 Å². The second-order valence-electron chi connectivity index (χ2n) is 7.14. The van der Waals surface area contributed by atoms with Gasteiger partial charge < -0.3 is 9.72 Å². The molecule has 2 aliphatic rings. The number of aromatic amines is 1. The van der Waals surface area contributed by atoms with Crippen LogP contribution in [0, 0.1) is 5.92 Å². The average molecular weight is 335 g/mol. The minimum atomic E-state index is 0.224. The van der Waals surface area contributed by atoms with E-state index in [0.717, 1.165) is 41.2 Å². The lowest BCUT2D eigenvalue weighted by Crippen LogP contribution is -2.45. The number of H-pyrrole nitrogens is 1. The van der Waals surface area contributed by atoms with Crippen LogP contribution in [0.1, 0.15) is 19.8 Å². The van der Waals surface area contributed by atoms with Crippen molar-refractivity contribution in [1.29, 1.82) is 0 Å². The van der Waals surface area contributed by atoms with E-state index in [1.54, 1.807) is 12.4 Å². The first-order valence-electron chi connectivity index (χ1n) is 8.92. The van der Waals surface area contributed by atoms with Gasteiger partial charge in [-0.1, -0.05) is 0 Å². The second-order valence-corrected chi connectivity index (χ2v) is 7.14. The summed E-state index contributed by atoms with van der Waals surface area (Å²) in [6, 6.07) is 4.77. The van der Waals surface area contributed by atoms with E-state index in [2.05, 4.69) is 37.8 Å². The molecule has 2 fully saturated rings. The van der Waals surface area contributed by atoms with Crippen molar-refractivity contribution >= 4 is 11.0 Å². The molecule has 2 bridgehead atoms. The second kappa shape index (κ2) is 5.81. The van der Waals surface area contributed by atoms with Gasteiger partial charge in [0.05, 0.1) is 18.1 Å². The van der Waals surface area contributed by atoms with Gasteiger partial charge in [0.15, 0.2) is 0 Å². The lowest BCUT2D eigenvalue weighted by atomic mass is 9.92.